The molecule has 6 heteroatoms. The first-order valence-corrected chi connectivity index (χ1v) is 5.71. The predicted octanol–water partition coefficient (Wildman–Crippen LogP) is 0.588. The van der Waals surface area contributed by atoms with Crippen LogP contribution < -0.4 is 0 Å². The van der Waals surface area contributed by atoms with Crippen molar-refractivity contribution in [2.45, 2.75) is 19.1 Å². The van der Waals surface area contributed by atoms with Gasteiger partial charge in [-0.1, -0.05) is 30.3 Å². The number of cyclic esters (lactones) is 2. The Labute approximate surface area is 109 Å². The molecule has 1 fully saturated rings. The number of ether oxygens (including phenoxy) is 3. The minimum Gasteiger partial charge on any atom is -0.461 e. The van der Waals surface area contributed by atoms with Gasteiger partial charge in [-0.15, -0.1) is 0 Å². The average molecular weight is 264 g/mol. The van der Waals surface area contributed by atoms with Crippen LogP contribution in [0.5, 0.6) is 0 Å². The highest BCUT2D eigenvalue weighted by Crippen LogP contribution is 2.10. The van der Waals surface area contributed by atoms with E-state index >= 15 is 0 Å². The minimum absolute atomic E-state index is 0.107. The molecule has 1 atom stereocenters. The number of esters is 3. The number of carbonyl (C=O) groups is 3. The Bertz CT molecular complexity index is 481. The fourth-order valence-corrected chi connectivity index (χ4v) is 1.54. The molecule has 1 aromatic carbocycles. The van der Waals surface area contributed by atoms with Crippen molar-refractivity contribution < 1.29 is 28.6 Å². The summed E-state index contributed by atoms with van der Waals surface area (Å²) in [6, 6.07) is 9.11. The summed E-state index contributed by atoms with van der Waals surface area (Å²) in [5.74, 6) is -2.02. The molecule has 1 aliphatic heterocycles. The Hall–Kier alpha value is -2.37. The molecule has 2 rings (SSSR count). The summed E-state index contributed by atoms with van der Waals surface area (Å²) in [5, 5.41) is 0. The molecule has 0 amide bonds. The molecule has 0 aromatic heterocycles. The first-order valence-electron chi connectivity index (χ1n) is 5.71. The first kappa shape index (κ1) is 13.1. The van der Waals surface area contributed by atoms with Crippen LogP contribution >= 0.6 is 0 Å². The molecular weight excluding hydrogens is 252 g/mol. The van der Waals surface area contributed by atoms with Gasteiger partial charge in [0.2, 0.25) is 6.10 Å². The van der Waals surface area contributed by atoms with Gasteiger partial charge in [-0.2, -0.15) is 0 Å². The van der Waals surface area contributed by atoms with E-state index in [-0.39, 0.29) is 13.0 Å². The fraction of sp³-hybridized carbons (Fsp3) is 0.308. The molecule has 1 saturated heterocycles. The maximum absolute atomic E-state index is 11.5. The van der Waals surface area contributed by atoms with E-state index in [9.17, 15) is 14.4 Å². The van der Waals surface area contributed by atoms with Gasteiger partial charge in [0.1, 0.15) is 6.61 Å². The summed E-state index contributed by atoms with van der Waals surface area (Å²) in [6.07, 6.45) is -1.54. The van der Waals surface area contributed by atoms with Crippen molar-refractivity contribution in [1.82, 2.24) is 0 Å². The largest absolute Gasteiger partial charge is 0.461 e. The Balaban J connectivity index is 1.81. The van der Waals surface area contributed by atoms with Crippen LogP contribution in [0.4, 0.5) is 0 Å². The molecule has 0 bridgehead atoms. The van der Waals surface area contributed by atoms with Gasteiger partial charge in [-0.25, -0.2) is 9.59 Å². The summed E-state index contributed by atoms with van der Waals surface area (Å²) in [4.78, 5) is 33.7. The Morgan fingerprint density at radius 1 is 1.26 bits per heavy atom. The van der Waals surface area contributed by atoms with Crippen LogP contribution in [0.25, 0.3) is 0 Å². The molecule has 19 heavy (non-hydrogen) atoms. The summed E-state index contributed by atoms with van der Waals surface area (Å²) in [6.45, 7) is -0.302. The summed E-state index contributed by atoms with van der Waals surface area (Å²) >= 11 is 0. The van der Waals surface area contributed by atoms with Crippen LogP contribution in [0, 0.1) is 0 Å². The lowest BCUT2D eigenvalue weighted by Crippen LogP contribution is -2.39. The van der Waals surface area contributed by atoms with Crippen molar-refractivity contribution in [3.8, 4) is 0 Å². The van der Waals surface area contributed by atoms with E-state index in [1.165, 1.54) is 0 Å². The Kier molecular flexibility index (Phi) is 4.12. The minimum atomic E-state index is -1.20. The molecular formula is C13H12O6. The number of hydrogen-bond acceptors (Lipinski definition) is 6. The van der Waals surface area contributed by atoms with Crippen molar-refractivity contribution in [3.63, 3.8) is 0 Å². The van der Waals surface area contributed by atoms with E-state index in [1.54, 1.807) is 0 Å². The molecule has 0 N–H and O–H groups in total. The van der Waals surface area contributed by atoms with Crippen molar-refractivity contribution in [1.29, 1.82) is 0 Å². The van der Waals surface area contributed by atoms with Gasteiger partial charge >= 0.3 is 17.9 Å². The lowest BCUT2D eigenvalue weighted by atomic mass is 10.2. The highest BCUT2D eigenvalue weighted by Gasteiger charge is 2.32. The number of carbonyl (C=O) groups excluding carboxylic acids is 3. The molecule has 100 valence electrons. The second-order valence-electron chi connectivity index (χ2n) is 3.94. The van der Waals surface area contributed by atoms with Crippen LogP contribution in [-0.2, 0) is 35.2 Å². The zero-order valence-electron chi connectivity index (χ0n) is 10.0. The third kappa shape index (κ3) is 3.80. The highest BCUT2D eigenvalue weighted by atomic mass is 16.6. The van der Waals surface area contributed by atoms with Gasteiger partial charge in [-0.3, -0.25) is 4.79 Å². The van der Waals surface area contributed by atoms with Gasteiger partial charge < -0.3 is 14.2 Å². The monoisotopic (exact) mass is 264 g/mol. The van der Waals surface area contributed by atoms with E-state index in [0.29, 0.717) is 0 Å². The quantitative estimate of drug-likeness (QED) is 0.585. The lowest BCUT2D eigenvalue weighted by Gasteiger charge is -2.20. The lowest BCUT2D eigenvalue weighted by molar-refractivity contribution is -0.187. The zero-order chi connectivity index (χ0) is 13.7. The summed E-state index contributed by atoms with van der Waals surface area (Å²) in [7, 11) is 0. The topological polar surface area (TPSA) is 78.9 Å². The first-order chi connectivity index (χ1) is 9.15. The van der Waals surface area contributed by atoms with E-state index in [1.807, 2.05) is 30.3 Å². The van der Waals surface area contributed by atoms with Gasteiger partial charge in [0.05, 0.1) is 6.42 Å². The third-order valence-corrected chi connectivity index (χ3v) is 2.46. The second kappa shape index (κ2) is 5.99. The standard InChI is InChI=1S/C13H12O6/c14-11(17-7-9-4-2-1-3-5-9)6-10-13(16)18-8-12(15)19-10/h1-5,10H,6-8H2. The summed E-state index contributed by atoms with van der Waals surface area (Å²) < 4.78 is 14.2. The third-order valence-electron chi connectivity index (χ3n) is 2.46. The van der Waals surface area contributed by atoms with Gasteiger partial charge in [0.15, 0.2) is 6.61 Å². The highest BCUT2D eigenvalue weighted by molar-refractivity contribution is 5.88. The molecule has 1 aromatic rings. The molecule has 0 radical (unpaired) electrons. The maximum atomic E-state index is 11.5. The Morgan fingerprint density at radius 2 is 2.00 bits per heavy atom. The number of rotatable bonds is 4. The van der Waals surface area contributed by atoms with Gasteiger partial charge in [0, 0.05) is 0 Å². The molecule has 0 aliphatic carbocycles. The van der Waals surface area contributed by atoms with Crippen molar-refractivity contribution in [2.24, 2.45) is 0 Å². The van der Waals surface area contributed by atoms with E-state index in [0.717, 1.165) is 5.56 Å². The van der Waals surface area contributed by atoms with Gasteiger partial charge in [0.25, 0.3) is 0 Å². The van der Waals surface area contributed by atoms with Crippen molar-refractivity contribution in [2.75, 3.05) is 6.61 Å². The second-order valence-corrected chi connectivity index (χ2v) is 3.94. The average Bonchev–Trinajstić information content (AvgIpc) is 2.42. The van der Waals surface area contributed by atoms with E-state index in [4.69, 9.17) is 9.47 Å². The smallest absolute Gasteiger partial charge is 0.348 e. The maximum Gasteiger partial charge on any atom is 0.348 e. The van der Waals surface area contributed by atoms with E-state index in [2.05, 4.69) is 4.74 Å². The van der Waals surface area contributed by atoms with Crippen LogP contribution in [0.1, 0.15) is 12.0 Å². The Morgan fingerprint density at radius 3 is 2.74 bits per heavy atom. The zero-order valence-corrected chi connectivity index (χ0v) is 10.0. The number of hydrogen-bond donors (Lipinski definition) is 0. The normalized spacial score (nSPS) is 18.4. The SMILES string of the molecule is O=C(CC1OC(=O)COC1=O)OCc1ccccc1. The molecule has 1 aliphatic rings. The molecule has 6 nitrogen and oxygen atoms in total. The molecule has 1 heterocycles. The van der Waals surface area contributed by atoms with Crippen molar-refractivity contribution in [3.05, 3.63) is 35.9 Å². The molecule has 0 saturated carbocycles. The van der Waals surface area contributed by atoms with Crippen LogP contribution in [0.3, 0.4) is 0 Å². The number of benzene rings is 1. The fourth-order valence-electron chi connectivity index (χ4n) is 1.54. The van der Waals surface area contributed by atoms with Crippen LogP contribution in [0.15, 0.2) is 30.3 Å². The molecule has 1 unspecified atom stereocenters. The van der Waals surface area contributed by atoms with E-state index < -0.39 is 30.6 Å². The summed E-state index contributed by atoms with van der Waals surface area (Å²) in [5.41, 5.74) is 0.832. The van der Waals surface area contributed by atoms with Gasteiger partial charge in [-0.05, 0) is 5.56 Å². The van der Waals surface area contributed by atoms with Crippen LogP contribution in [-0.4, -0.2) is 30.6 Å². The predicted molar refractivity (Wildman–Crippen MR) is 61.7 cm³/mol. The molecule has 0 spiro atoms. The van der Waals surface area contributed by atoms with Crippen LogP contribution in [0.2, 0.25) is 0 Å². The van der Waals surface area contributed by atoms with Crippen molar-refractivity contribution >= 4 is 17.9 Å².